The van der Waals surface area contributed by atoms with E-state index in [9.17, 15) is 5.11 Å². The van der Waals surface area contributed by atoms with Crippen LogP contribution in [-0.4, -0.2) is 25.5 Å². The molecule has 0 saturated heterocycles. The van der Waals surface area contributed by atoms with Crippen LogP contribution in [0.2, 0.25) is 0 Å². The maximum absolute atomic E-state index is 10.2. The molecule has 1 aromatic carbocycles. The van der Waals surface area contributed by atoms with Crippen LogP contribution in [0, 0.1) is 5.41 Å². The second-order valence-electron chi connectivity index (χ2n) is 7.38. The zero-order chi connectivity index (χ0) is 19.7. The minimum atomic E-state index is -0.986. The Morgan fingerprint density at radius 1 is 1.19 bits per heavy atom. The number of hydrogen-bond donors (Lipinski definition) is 4. The van der Waals surface area contributed by atoms with Crippen molar-refractivity contribution >= 4 is 11.5 Å². The highest BCUT2D eigenvalue weighted by atomic mass is 16.3. The fourth-order valence-electron chi connectivity index (χ4n) is 3.07. The van der Waals surface area contributed by atoms with E-state index in [-0.39, 0.29) is 5.84 Å². The van der Waals surface area contributed by atoms with Crippen molar-refractivity contribution in [1.82, 2.24) is 14.6 Å². The highest BCUT2D eigenvalue weighted by Gasteiger charge is 2.51. The molecule has 4 rings (SSSR count). The smallest absolute Gasteiger partial charge is 0.166 e. The molecule has 2 heterocycles. The van der Waals surface area contributed by atoms with Gasteiger partial charge in [0.25, 0.3) is 0 Å². The quantitative estimate of drug-likeness (QED) is 0.415. The summed E-state index contributed by atoms with van der Waals surface area (Å²) >= 11 is 0. The van der Waals surface area contributed by atoms with E-state index in [1.54, 1.807) is 13.8 Å². The van der Waals surface area contributed by atoms with E-state index < -0.39 is 11.0 Å². The molecule has 7 nitrogen and oxygen atoms in total. The number of rotatable bonds is 4. The molecule has 27 heavy (non-hydrogen) atoms. The highest BCUT2D eigenvalue weighted by Crippen LogP contribution is 2.47. The van der Waals surface area contributed by atoms with Crippen LogP contribution < -0.4 is 11.5 Å². The van der Waals surface area contributed by atoms with Gasteiger partial charge in [-0.1, -0.05) is 36.4 Å². The van der Waals surface area contributed by atoms with Gasteiger partial charge in [-0.25, -0.2) is 0 Å². The van der Waals surface area contributed by atoms with Crippen LogP contribution in [0.1, 0.15) is 43.6 Å². The minimum absolute atomic E-state index is 0.135. The Morgan fingerprint density at radius 2 is 1.85 bits per heavy atom. The predicted molar refractivity (Wildman–Crippen MR) is 105 cm³/mol. The first kappa shape index (κ1) is 19.0. The summed E-state index contributed by atoms with van der Waals surface area (Å²) in [6.07, 6.45) is 3.51. The Kier molecular flexibility index (Phi) is 4.99. The van der Waals surface area contributed by atoms with Crippen LogP contribution in [0.5, 0.6) is 0 Å². The van der Waals surface area contributed by atoms with Crippen LogP contribution in [-0.2, 0) is 17.6 Å². The topological polar surface area (TPSA) is 126 Å². The van der Waals surface area contributed by atoms with Gasteiger partial charge in [0.15, 0.2) is 11.5 Å². The molecule has 1 aliphatic carbocycles. The third-order valence-corrected chi connectivity index (χ3v) is 4.87. The summed E-state index contributed by atoms with van der Waals surface area (Å²) in [7, 11) is 0. The van der Waals surface area contributed by atoms with Crippen LogP contribution in [0.25, 0.3) is 5.65 Å². The zero-order valence-electron chi connectivity index (χ0n) is 15.7. The van der Waals surface area contributed by atoms with Crippen molar-refractivity contribution in [2.45, 2.75) is 44.2 Å². The number of nitrogens with zero attached hydrogens (tertiary/aromatic N) is 3. The average Bonchev–Trinajstić information content (AvgIpc) is 3.35. The molecule has 0 atom stereocenters. The lowest BCUT2D eigenvalue weighted by molar-refractivity contribution is 0.0796. The maximum atomic E-state index is 10.2. The second-order valence-corrected chi connectivity index (χ2v) is 7.38. The molecule has 0 radical (unpaired) electrons. The molecular weight excluding hydrogens is 340 g/mol. The first-order valence-corrected chi connectivity index (χ1v) is 8.95. The lowest BCUT2D eigenvalue weighted by Gasteiger charge is -2.18. The maximum Gasteiger partial charge on any atom is 0.166 e. The van der Waals surface area contributed by atoms with Gasteiger partial charge in [-0.05, 0) is 38.3 Å². The summed E-state index contributed by atoms with van der Waals surface area (Å²) in [5, 5.41) is 26.3. The van der Waals surface area contributed by atoms with E-state index in [0.717, 1.165) is 12.8 Å². The number of fused-ring (bicyclic) bond motifs is 1. The lowest BCUT2D eigenvalue weighted by atomic mass is 9.99. The fraction of sp³-hybridized carbons (Fsp3) is 0.350. The third-order valence-electron chi connectivity index (χ3n) is 4.87. The number of hydrogen-bond acceptors (Lipinski definition) is 5. The number of amidine groups is 1. The largest absolute Gasteiger partial charge is 0.387 e. The van der Waals surface area contributed by atoms with Crippen molar-refractivity contribution in [3.05, 3.63) is 65.6 Å². The van der Waals surface area contributed by atoms with Crippen LogP contribution in [0.4, 0.5) is 0 Å². The first-order valence-electron chi connectivity index (χ1n) is 8.95. The van der Waals surface area contributed by atoms with E-state index in [1.807, 2.05) is 53.1 Å². The number of benzene rings is 1. The van der Waals surface area contributed by atoms with E-state index in [0.29, 0.717) is 23.6 Å². The van der Waals surface area contributed by atoms with Crippen molar-refractivity contribution in [2.24, 2.45) is 11.5 Å². The summed E-state index contributed by atoms with van der Waals surface area (Å²) < 4.78 is 1.84. The number of aromatic nitrogens is 3. The van der Waals surface area contributed by atoms with Gasteiger partial charge in [0.1, 0.15) is 5.84 Å². The Bertz CT molecular complexity index is 938. The monoisotopic (exact) mass is 366 g/mol. The summed E-state index contributed by atoms with van der Waals surface area (Å²) in [6.45, 7) is 4.07. The van der Waals surface area contributed by atoms with Crippen molar-refractivity contribution in [2.75, 3.05) is 0 Å². The van der Waals surface area contributed by atoms with Gasteiger partial charge in [-0.2, -0.15) is 0 Å². The highest BCUT2D eigenvalue weighted by molar-refractivity contribution is 5.91. The third kappa shape index (κ3) is 3.70. The van der Waals surface area contributed by atoms with Gasteiger partial charge in [0.2, 0.25) is 0 Å². The van der Waals surface area contributed by atoms with E-state index in [4.69, 9.17) is 16.9 Å². The molecule has 1 aliphatic rings. The van der Waals surface area contributed by atoms with Gasteiger partial charge < -0.3 is 16.6 Å². The molecule has 0 amide bonds. The zero-order valence-corrected chi connectivity index (χ0v) is 15.7. The summed E-state index contributed by atoms with van der Waals surface area (Å²) in [4.78, 5) is 0. The van der Waals surface area contributed by atoms with E-state index in [1.165, 1.54) is 5.56 Å². The van der Waals surface area contributed by atoms with Gasteiger partial charge in [-0.3, -0.25) is 9.81 Å². The number of pyridine rings is 1. The molecule has 142 valence electrons. The molecule has 1 fully saturated rings. The molecule has 6 N–H and O–H groups in total. The summed E-state index contributed by atoms with van der Waals surface area (Å²) in [6, 6.07) is 13.7. The van der Waals surface area contributed by atoms with E-state index >= 15 is 0 Å². The fourth-order valence-corrected chi connectivity index (χ4v) is 3.07. The molecule has 0 aliphatic heterocycles. The first-order chi connectivity index (χ1) is 12.8. The predicted octanol–water partition coefficient (Wildman–Crippen LogP) is 2.07. The number of aliphatic hydroxyl groups is 1. The van der Waals surface area contributed by atoms with Crippen molar-refractivity contribution in [3.8, 4) is 0 Å². The molecule has 0 unspecified atom stereocenters. The van der Waals surface area contributed by atoms with Gasteiger partial charge in [0, 0.05) is 18.3 Å². The SMILES string of the molecule is CC(C)(O)c1cccn2c(C3(C(=N)N)CC3)nnc12.NCc1ccccc1. The Hall–Kier alpha value is -2.77. The molecule has 0 spiro atoms. The van der Waals surface area contributed by atoms with Crippen LogP contribution >= 0.6 is 0 Å². The van der Waals surface area contributed by atoms with E-state index in [2.05, 4.69) is 10.2 Å². The molecule has 0 bridgehead atoms. The number of nitrogens with two attached hydrogens (primary N) is 2. The standard InChI is InChI=1S/C13H17N5O.C7H9N/c1-12(2,19)8-4-3-7-18-9(8)16-17-11(18)13(5-6-13)10(14)15;8-6-7-4-2-1-3-5-7/h3-4,7,19H,5-6H2,1-2H3,(H3,14,15);1-5H,6,8H2. The van der Waals surface area contributed by atoms with Crippen LogP contribution in [0.3, 0.4) is 0 Å². The molecular formula is C20H26N6O. The van der Waals surface area contributed by atoms with Crippen LogP contribution in [0.15, 0.2) is 48.7 Å². The summed E-state index contributed by atoms with van der Waals surface area (Å²) in [5.41, 5.74) is 12.1. The van der Waals surface area contributed by atoms with Crippen molar-refractivity contribution in [3.63, 3.8) is 0 Å². The van der Waals surface area contributed by atoms with Crippen molar-refractivity contribution < 1.29 is 5.11 Å². The van der Waals surface area contributed by atoms with Crippen molar-refractivity contribution in [1.29, 1.82) is 5.41 Å². The molecule has 3 aromatic rings. The molecule has 1 saturated carbocycles. The van der Waals surface area contributed by atoms with Gasteiger partial charge in [0.05, 0.1) is 11.0 Å². The van der Waals surface area contributed by atoms with Gasteiger partial charge >= 0.3 is 0 Å². The second kappa shape index (κ2) is 7.09. The lowest BCUT2D eigenvalue weighted by Crippen LogP contribution is -2.29. The Balaban J connectivity index is 0.000000221. The molecule has 7 heteroatoms. The minimum Gasteiger partial charge on any atom is -0.387 e. The Morgan fingerprint density at radius 3 is 2.33 bits per heavy atom. The molecule has 2 aromatic heterocycles. The Labute approximate surface area is 158 Å². The number of nitrogens with one attached hydrogen (secondary N) is 1. The van der Waals surface area contributed by atoms with Gasteiger partial charge in [-0.15, -0.1) is 10.2 Å². The average molecular weight is 366 g/mol. The summed E-state index contributed by atoms with van der Waals surface area (Å²) in [5.74, 6) is 0.830. The normalized spacial score (nSPS) is 15.1.